The lowest BCUT2D eigenvalue weighted by atomic mass is 10.0. The van der Waals surface area contributed by atoms with Gasteiger partial charge in [-0.25, -0.2) is 9.97 Å². The Kier molecular flexibility index (Phi) is 2.61. The number of nitrogens with zero attached hydrogens (tertiary/aromatic N) is 2. The molecule has 0 radical (unpaired) electrons. The number of hydrogen-bond donors (Lipinski definition) is 1. The van der Waals surface area contributed by atoms with Crippen LogP contribution in [0.15, 0.2) is 6.33 Å². The monoisotopic (exact) mass is 207 g/mol. The first-order valence-corrected chi connectivity index (χ1v) is 5.28. The van der Waals surface area contributed by atoms with Crippen molar-refractivity contribution in [2.75, 3.05) is 7.11 Å². The molecule has 1 aromatic rings. The number of nitrogens with two attached hydrogens (primary N) is 1. The van der Waals surface area contributed by atoms with Gasteiger partial charge in [0.1, 0.15) is 6.33 Å². The molecule has 0 atom stereocenters. The molecule has 0 spiro atoms. The van der Waals surface area contributed by atoms with Crippen LogP contribution in [-0.2, 0) is 6.42 Å². The van der Waals surface area contributed by atoms with Crippen LogP contribution in [-0.4, -0.2) is 22.6 Å². The van der Waals surface area contributed by atoms with Gasteiger partial charge in [-0.05, 0) is 32.6 Å². The van der Waals surface area contributed by atoms with Crippen LogP contribution in [0.3, 0.4) is 0 Å². The van der Waals surface area contributed by atoms with Crippen molar-refractivity contribution in [3.8, 4) is 5.88 Å². The molecule has 4 nitrogen and oxygen atoms in total. The highest BCUT2D eigenvalue weighted by Crippen LogP contribution is 2.37. The Morgan fingerprint density at radius 3 is 2.80 bits per heavy atom. The van der Waals surface area contributed by atoms with Gasteiger partial charge >= 0.3 is 0 Å². The van der Waals surface area contributed by atoms with Crippen molar-refractivity contribution in [3.63, 3.8) is 0 Å². The van der Waals surface area contributed by atoms with Crippen LogP contribution in [0.4, 0.5) is 0 Å². The summed E-state index contributed by atoms with van der Waals surface area (Å²) in [6.07, 6.45) is 5.72. The summed E-state index contributed by atoms with van der Waals surface area (Å²) in [5.41, 5.74) is 8.22. The van der Waals surface area contributed by atoms with Crippen LogP contribution >= 0.6 is 0 Å². The summed E-state index contributed by atoms with van der Waals surface area (Å²) < 4.78 is 5.22. The minimum atomic E-state index is 0.0767. The lowest BCUT2D eigenvalue weighted by Gasteiger charge is -2.12. The van der Waals surface area contributed by atoms with E-state index in [1.807, 2.05) is 6.92 Å². The number of rotatable bonds is 4. The van der Waals surface area contributed by atoms with Crippen molar-refractivity contribution >= 4 is 0 Å². The Hall–Kier alpha value is -1.16. The molecule has 1 aliphatic carbocycles. The highest BCUT2D eigenvalue weighted by atomic mass is 16.5. The van der Waals surface area contributed by atoms with Gasteiger partial charge < -0.3 is 10.5 Å². The maximum absolute atomic E-state index is 6.05. The minimum Gasteiger partial charge on any atom is -0.481 e. The van der Waals surface area contributed by atoms with E-state index in [0.717, 1.165) is 36.9 Å². The minimum absolute atomic E-state index is 0.0767. The molecular formula is C11H17N3O. The van der Waals surface area contributed by atoms with Gasteiger partial charge in [0.25, 0.3) is 0 Å². The fraction of sp³-hybridized carbons (Fsp3) is 0.636. The number of ether oxygens (including phenoxy) is 1. The average molecular weight is 207 g/mol. The van der Waals surface area contributed by atoms with Gasteiger partial charge in [-0.15, -0.1) is 0 Å². The summed E-state index contributed by atoms with van der Waals surface area (Å²) in [6, 6.07) is 0. The van der Waals surface area contributed by atoms with E-state index in [-0.39, 0.29) is 5.54 Å². The summed E-state index contributed by atoms with van der Waals surface area (Å²) in [6.45, 7) is 1.98. The van der Waals surface area contributed by atoms with Gasteiger partial charge in [0.05, 0.1) is 7.11 Å². The molecule has 82 valence electrons. The highest BCUT2D eigenvalue weighted by Gasteiger charge is 2.37. The van der Waals surface area contributed by atoms with Crippen LogP contribution in [0, 0.1) is 6.92 Å². The Balaban J connectivity index is 2.11. The molecule has 1 aliphatic rings. The third-order valence-electron chi connectivity index (χ3n) is 3.08. The first kappa shape index (κ1) is 10.4. The van der Waals surface area contributed by atoms with E-state index in [9.17, 15) is 0 Å². The molecule has 0 amide bonds. The lowest BCUT2D eigenvalue weighted by Crippen LogP contribution is -2.22. The standard InChI is InChI=1S/C11H17N3O/c1-8-9(3-4-11(12)5-6-11)10(15-2)14-7-13-8/h7H,3-6,12H2,1-2H3. The number of aryl methyl sites for hydroxylation is 1. The zero-order chi connectivity index (χ0) is 10.9. The van der Waals surface area contributed by atoms with Crippen LogP contribution in [0.5, 0.6) is 5.88 Å². The predicted octanol–water partition coefficient (Wildman–Crippen LogP) is 1.22. The Morgan fingerprint density at radius 1 is 1.47 bits per heavy atom. The molecule has 2 N–H and O–H groups in total. The van der Waals surface area contributed by atoms with Crippen LogP contribution in [0.1, 0.15) is 30.5 Å². The fourth-order valence-electron chi connectivity index (χ4n) is 1.73. The molecule has 0 unspecified atom stereocenters. The quantitative estimate of drug-likeness (QED) is 0.806. The number of methoxy groups -OCH3 is 1. The van der Waals surface area contributed by atoms with Crippen molar-refractivity contribution in [2.45, 2.75) is 38.1 Å². The molecule has 1 fully saturated rings. The zero-order valence-corrected chi connectivity index (χ0v) is 9.29. The number of hydrogen-bond acceptors (Lipinski definition) is 4. The summed E-state index contributed by atoms with van der Waals surface area (Å²) >= 11 is 0. The normalized spacial score (nSPS) is 17.5. The molecule has 0 aliphatic heterocycles. The Morgan fingerprint density at radius 2 is 2.20 bits per heavy atom. The highest BCUT2D eigenvalue weighted by molar-refractivity contribution is 5.29. The summed E-state index contributed by atoms with van der Waals surface area (Å²) in [4.78, 5) is 8.28. The maximum atomic E-state index is 6.05. The van der Waals surface area contributed by atoms with Crippen molar-refractivity contribution in [1.82, 2.24) is 9.97 Å². The fourth-order valence-corrected chi connectivity index (χ4v) is 1.73. The second-order valence-corrected chi connectivity index (χ2v) is 4.31. The molecule has 2 rings (SSSR count). The van der Waals surface area contributed by atoms with Crippen LogP contribution in [0.2, 0.25) is 0 Å². The largest absolute Gasteiger partial charge is 0.481 e. The smallest absolute Gasteiger partial charge is 0.219 e. The van der Waals surface area contributed by atoms with Gasteiger partial charge in [0.2, 0.25) is 5.88 Å². The van der Waals surface area contributed by atoms with E-state index in [2.05, 4.69) is 9.97 Å². The maximum Gasteiger partial charge on any atom is 0.219 e. The van der Waals surface area contributed by atoms with E-state index in [1.165, 1.54) is 6.33 Å². The summed E-state index contributed by atoms with van der Waals surface area (Å²) in [5, 5.41) is 0. The zero-order valence-electron chi connectivity index (χ0n) is 9.29. The first-order chi connectivity index (χ1) is 7.14. The topological polar surface area (TPSA) is 61.0 Å². The molecule has 0 saturated heterocycles. The third kappa shape index (κ3) is 2.26. The number of aromatic nitrogens is 2. The van der Waals surface area contributed by atoms with Gasteiger partial charge in [-0.1, -0.05) is 0 Å². The summed E-state index contributed by atoms with van der Waals surface area (Å²) in [5.74, 6) is 0.687. The van der Waals surface area contributed by atoms with E-state index >= 15 is 0 Å². The SMILES string of the molecule is COc1ncnc(C)c1CCC1(N)CC1. The Bertz CT molecular complexity index is 361. The van der Waals surface area contributed by atoms with E-state index < -0.39 is 0 Å². The van der Waals surface area contributed by atoms with Crippen molar-refractivity contribution in [1.29, 1.82) is 0 Å². The van der Waals surface area contributed by atoms with Crippen molar-refractivity contribution in [3.05, 3.63) is 17.6 Å². The molecule has 15 heavy (non-hydrogen) atoms. The molecular weight excluding hydrogens is 190 g/mol. The molecule has 4 heteroatoms. The van der Waals surface area contributed by atoms with Crippen LogP contribution in [0.25, 0.3) is 0 Å². The Labute approximate surface area is 89.9 Å². The van der Waals surface area contributed by atoms with Crippen LogP contribution < -0.4 is 10.5 Å². The summed E-state index contributed by atoms with van der Waals surface area (Å²) in [7, 11) is 1.64. The third-order valence-corrected chi connectivity index (χ3v) is 3.08. The molecule has 1 aromatic heterocycles. The van der Waals surface area contributed by atoms with E-state index in [0.29, 0.717) is 5.88 Å². The van der Waals surface area contributed by atoms with E-state index in [1.54, 1.807) is 7.11 Å². The molecule has 0 aromatic carbocycles. The second-order valence-electron chi connectivity index (χ2n) is 4.31. The van der Waals surface area contributed by atoms with Crippen molar-refractivity contribution < 1.29 is 4.74 Å². The molecule has 0 bridgehead atoms. The second kappa shape index (κ2) is 3.77. The van der Waals surface area contributed by atoms with Crippen molar-refractivity contribution in [2.24, 2.45) is 5.73 Å². The van der Waals surface area contributed by atoms with Gasteiger partial charge in [0, 0.05) is 16.8 Å². The molecule has 1 saturated carbocycles. The first-order valence-electron chi connectivity index (χ1n) is 5.28. The molecule has 1 heterocycles. The predicted molar refractivity (Wildman–Crippen MR) is 57.8 cm³/mol. The average Bonchev–Trinajstić information content (AvgIpc) is 2.95. The van der Waals surface area contributed by atoms with Gasteiger partial charge in [-0.2, -0.15) is 0 Å². The van der Waals surface area contributed by atoms with Gasteiger partial charge in [-0.3, -0.25) is 0 Å². The van der Waals surface area contributed by atoms with E-state index in [4.69, 9.17) is 10.5 Å². The van der Waals surface area contributed by atoms with Gasteiger partial charge in [0.15, 0.2) is 0 Å². The lowest BCUT2D eigenvalue weighted by molar-refractivity contribution is 0.388.